The standard InChI is InChI=1S/C21H20N2O4/c1-3-10-26-15-8-4-7-14(11-15)19-22-20(24)16-12-13-6-5-9-17(25-2)18(13)27-21(16)23-19/h4-9,11H,3,10,12H2,1-2H3,(H,22,23,24). The smallest absolute Gasteiger partial charge is 0.258 e. The number of ether oxygens (including phenoxy) is 3. The molecule has 0 saturated carbocycles. The topological polar surface area (TPSA) is 73.4 Å². The van der Waals surface area contributed by atoms with Crippen molar-refractivity contribution in [3.05, 3.63) is 63.9 Å². The maximum atomic E-state index is 12.6. The van der Waals surface area contributed by atoms with E-state index in [0.717, 1.165) is 23.3 Å². The summed E-state index contributed by atoms with van der Waals surface area (Å²) in [6, 6.07) is 13.1. The molecule has 0 unspecified atom stereocenters. The van der Waals surface area contributed by atoms with Gasteiger partial charge in [0.25, 0.3) is 5.56 Å². The summed E-state index contributed by atoms with van der Waals surface area (Å²) >= 11 is 0. The van der Waals surface area contributed by atoms with Crippen LogP contribution >= 0.6 is 0 Å². The molecule has 138 valence electrons. The summed E-state index contributed by atoms with van der Waals surface area (Å²) < 4.78 is 17.0. The number of H-pyrrole nitrogens is 1. The Morgan fingerprint density at radius 1 is 1.22 bits per heavy atom. The number of aromatic amines is 1. The number of benzene rings is 2. The van der Waals surface area contributed by atoms with Gasteiger partial charge in [0.15, 0.2) is 11.5 Å². The second kappa shape index (κ2) is 7.15. The number of hydrogen-bond donors (Lipinski definition) is 1. The number of fused-ring (bicyclic) bond motifs is 2. The van der Waals surface area contributed by atoms with Crippen LogP contribution in [0.4, 0.5) is 0 Å². The molecule has 0 spiro atoms. The van der Waals surface area contributed by atoms with Gasteiger partial charge >= 0.3 is 0 Å². The van der Waals surface area contributed by atoms with Gasteiger partial charge in [-0.1, -0.05) is 31.2 Å². The molecule has 4 rings (SSSR count). The predicted octanol–water partition coefficient (Wildman–Crippen LogP) is 3.93. The molecule has 3 aromatic rings. The summed E-state index contributed by atoms with van der Waals surface area (Å²) in [4.78, 5) is 20.1. The molecule has 1 aliphatic rings. The largest absolute Gasteiger partial charge is 0.494 e. The van der Waals surface area contributed by atoms with E-state index in [2.05, 4.69) is 16.9 Å². The lowest BCUT2D eigenvalue weighted by molar-refractivity contribution is 0.317. The van der Waals surface area contributed by atoms with Crippen LogP contribution in [0.15, 0.2) is 47.3 Å². The number of hydrogen-bond acceptors (Lipinski definition) is 5. The van der Waals surface area contributed by atoms with Crippen LogP contribution in [0.25, 0.3) is 11.4 Å². The number of aromatic nitrogens is 2. The van der Waals surface area contributed by atoms with E-state index in [-0.39, 0.29) is 5.56 Å². The highest BCUT2D eigenvalue weighted by Gasteiger charge is 2.25. The zero-order valence-electron chi connectivity index (χ0n) is 15.2. The Labute approximate surface area is 156 Å². The van der Waals surface area contributed by atoms with Crippen molar-refractivity contribution in [3.8, 4) is 34.5 Å². The first kappa shape index (κ1) is 17.1. The molecule has 6 heteroatoms. The fraction of sp³-hybridized carbons (Fsp3) is 0.238. The molecule has 1 aromatic heterocycles. The minimum atomic E-state index is -0.205. The molecule has 27 heavy (non-hydrogen) atoms. The average molecular weight is 364 g/mol. The van der Waals surface area contributed by atoms with E-state index in [1.807, 2.05) is 42.5 Å². The molecular formula is C21H20N2O4. The number of nitrogens with one attached hydrogen (secondary N) is 1. The molecule has 1 aliphatic heterocycles. The van der Waals surface area contributed by atoms with E-state index >= 15 is 0 Å². The van der Waals surface area contributed by atoms with Crippen molar-refractivity contribution in [1.82, 2.24) is 9.97 Å². The highest BCUT2D eigenvalue weighted by atomic mass is 16.5. The molecule has 1 N–H and O–H groups in total. The third kappa shape index (κ3) is 3.26. The van der Waals surface area contributed by atoms with Gasteiger partial charge in [-0.25, -0.2) is 0 Å². The average Bonchev–Trinajstić information content (AvgIpc) is 2.70. The molecule has 2 aromatic carbocycles. The van der Waals surface area contributed by atoms with Crippen LogP contribution < -0.4 is 19.8 Å². The monoisotopic (exact) mass is 364 g/mol. The molecule has 0 amide bonds. The molecular weight excluding hydrogens is 344 g/mol. The number of para-hydroxylation sites is 1. The molecule has 0 aliphatic carbocycles. The van der Waals surface area contributed by atoms with Crippen LogP contribution in [-0.4, -0.2) is 23.7 Å². The van der Waals surface area contributed by atoms with E-state index in [9.17, 15) is 4.79 Å². The Kier molecular flexibility index (Phi) is 4.54. The van der Waals surface area contributed by atoms with Crippen molar-refractivity contribution in [2.75, 3.05) is 13.7 Å². The van der Waals surface area contributed by atoms with E-state index in [1.165, 1.54) is 0 Å². The second-order valence-corrected chi connectivity index (χ2v) is 6.30. The minimum absolute atomic E-state index is 0.205. The quantitative estimate of drug-likeness (QED) is 0.581. The van der Waals surface area contributed by atoms with Crippen molar-refractivity contribution in [3.63, 3.8) is 0 Å². The van der Waals surface area contributed by atoms with Gasteiger partial charge in [0, 0.05) is 17.5 Å². The number of methoxy groups -OCH3 is 1. The Hall–Kier alpha value is -3.28. The SMILES string of the molecule is CCCOc1cccc(-c2nc3c(c(=O)[nH]2)Cc2cccc(OC)c2O3)c1. The van der Waals surface area contributed by atoms with Gasteiger partial charge in [0.1, 0.15) is 11.6 Å². The first-order valence-electron chi connectivity index (χ1n) is 8.89. The normalized spacial score (nSPS) is 11.9. The fourth-order valence-electron chi connectivity index (χ4n) is 3.07. The Morgan fingerprint density at radius 2 is 2.07 bits per heavy atom. The molecule has 0 atom stereocenters. The first-order valence-corrected chi connectivity index (χ1v) is 8.89. The fourth-order valence-corrected chi connectivity index (χ4v) is 3.07. The van der Waals surface area contributed by atoms with Gasteiger partial charge in [-0.2, -0.15) is 4.98 Å². The summed E-state index contributed by atoms with van der Waals surface area (Å²) in [5, 5.41) is 0. The van der Waals surface area contributed by atoms with Gasteiger partial charge in [-0.05, 0) is 24.6 Å². The molecule has 6 nitrogen and oxygen atoms in total. The van der Waals surface area contributed by atoms with Crippen molar-refractivity contribution >= 4 is 0 Å². The van der Waals surface area contributed by atoms with Crippen LogP contribution in [0.5, 0.6) is 23.1 Å². The number of nitrogens with zero attached hydrogens (tertiary/aromatic N) is 1. The van der Waals surface area contributed by atoms with Crippen molar-refractivity contribution in [2.45, 2.75) is 19.8 Å². The Morgan fingerprint density at radius 3 is 2.89 bits per heavy atom. The third-order valence-electron chi connectivity index (χ3n) is 4.40. The highest BCUT2D eigenvalue weighted by Crippen LogP contribution is 2.40. The summed E-state index contributed by atoms with van der Waals surface area (Å²) in [5.41, 5.74) is 1.97. The van der Waals surface area contributed by atoms with Crippen LogP contribution in [0.3, 0.4) is 0 Å². The molecule has 2 heterocycles. The zero-order chi connectivity index (χ0) is 18.8. The van der Waals surface area contributed by atoms with E-state index in [1.54, 1.807) is 7.11 Å². The molecule has 0 bridgehead atoms. The van der Waals surface area contributed by atoms with Gasteiger partial charge in [0.05, 0.1) is 19.3 Å². The Balaban J connectivity index is 1.73. The maximum absolute atomic E-state index is 12.6. The van der Waals surface area contributed by atoms with Crippen molar-refractivity contribution in [2.24, 2.45) is 0 Å². The summed E-state index contributed by atoms with van der Waals surface area (Å²) in [5.74, 6) is 2.72. The van der Waals surface area contributed by atoms with Crippen LogP contribution in [-0.2, 0) is 6.42 Å². The van der Waals surface area contributed by atoms with Gasteiger partial charge in [-0.15, -0.1) is 0 Å². The van der Waals surface area contributed by atoms with Crippen molar-refractivity contribution < 1.29 is 14.2 Å². The summed E-state index contributed by atoms with van der Waals surface area (Å²) in [6.07, 6.45) is 1.37. The third-order valence-corrected chi connectivity index (χ3v) is 4.40. The highest BCUT2D eigenvalue weighted by molar-refractivity contribution is 5.60. The van der Waals surface area contributed by atoms with Crippen LogP contribution in [0.2, 0.25) is 0 Å². The van der Waals surface area contributed by atoms with Crippen molar-refractivity contribution in [1.29, 1.82) is 0 Å². The lowest BCUT2D eigenvalue weighted by Crippen LogP contribution is -2.20. The van der Waals surface area contributed by atoms with Crippen LogP contribution in [0.1, 0.15) is 24.5 Å². The molecule has 0 radical (unpaired) electrons. The lowest BCUT2D eigenvalue weighted by atomic mass is 10.0. The van der Waals surface area contributed by atoms with Gasteiger partial charge < -0.3 is 19.2 Å². The number of rotatable bonds is 5. The molecule has 0 saturated heterocycles. The summed E-state index contributed by atoms with van der Waals surface area (Å²) in [7, 11) is 1.59. The van der Waals surface area contributed by atoms with E-state index in [0.29, 0.717) is 41.8 Å². The Bertz CT molecular complexity index is 1040. The molecule has 0 fully saturated rings. The van der Waals surface area contributed by atoms with Crippen LogP contribution in [0, 0.1) is 0 Å². The minimum Gasteiger partial charge on any atom is -0.494 e. The second-order valence-electron chi connectivity index (χ2n) is 6.30. The lowest BCUT2D eigenvalue weighted by Gasteiger charge is -2.21. The maximum Gasteiger partial charge on any atom is 0.258 e. The summed E-state index contributed by atoms with van der Waals surface area (Å²) in [6.45, 7) is 2.69. The van der Waals surface area contributed by atoms with E-state index < -0.39 is 0 Å². The van der Waals surface area contributed by atoms with Gasteiger partial charge in [-0.3, -0.25) is 4.79 Å². The van der Waals surface area contributed by atoms with Gasteiger partial charge in [0.2, 0.25) is 5.88 Å². The van der Waals surface area contributed by atoms with E-state index in [4.69, 9.17) is 14.2 Å². The zero-order valence-corrected chi connectivity index (χ0v) is 15.2. The predicted molar refractivity (Wildman–Crippen MR) is 102 cm³/mol. The first-order chi connectivity index (χ1) is 13.2.